The minimum absolute atomic E-state index is 0.103. The molecule has 2 aromatic carbocycles. The van der Waals surface area contributed by atoms with E-state index >= 15 is 0 Å². The molecule has 3 aromatic rings. The van der Waals surface area contributed by atoms with Gasteiger partial charge in [0.15, 0.2) is 17.1 Å². The van der Waals surface area contributed by atoms with Gasteiger partial charge in [-0.2, -0.15) is 0 Å². The fraction of sp³-hybridized carbons (Fsp3) is 0.211. The molecule has 1 amide bonds. The summed E-state index contributed by atoms with van der Waals surface area (Å²) >= 11 is 0. The number of hydrogen-bond donors (Lipinski definition) is 2. The highest BCUT2D eigenvalue weighted by molar-refractivity contribution is 6.07. The van der Waals surface area contributed by atoms with Crippen LogP contribution < -0.4 is 10.1 Å². The van der Waals surface area contributed by atoms with Crippen molar-refractivity contribution in [2.75, 3.05) is 19.0 Å². The van der Waals surface area contributed by atoms with Gasteiger partial charge in [0.25, 0.3) is 5.91 Å². The molecule has 0 aliphatic rings. The van der Waals surface area contributed by atoms with E-state index in [-0.39, 0.29) is 18.3 Å². The number of fused-ring (bicyclic) bond motifs is 1. The van der Waals surface area contributed by atoms with Crippen LogP contribution in [0.4, 0.5) is 5.69 Å². The van der Waals surface area contributed by atoms with Crippen molar-refractivity contribution in [3.8, 4) is 5.75 Å². The fourth-order valence-electron chi connectivity index (χ4n) is 2.67. The van der Waals surface area contributed by atoms with E-state index in [1.807, 2.05) is 43.3 Å². The second kappa shape index (κ2) is 6.76. The maximum Gasteiger partial charge on any atom is 0.291 e. The number of carbonyl (C=O) groups excluding carboxylic acids is 1. The van der Waals surface area contributed by atoms with Crippen LogP contribution in [0.15, 0.2) is 46.9 Å². The van der Waals surface area contributed by atoms with Crippen molar-refractivity contribution < 1.29 is 19.1 Å². The van der Waals surface area contributed by atoms with Crippen LogP contribution in [0.25, 0.3) is 11.0 Å². The number of anilines is 1. The first-order valence-corrected chi connectivity index (χ1v) is 7.71. The number of para-hydroxylation sites is 1. The van der Waals surface area contributed by atoms with Gasteiger partial charge < -0.3 is 19.6 Å². The lowest BCUT2D eigenvalue weighted by molar-refractivity contribution is 0.0998. The van der Waals surface area contributed by atoms with Crippen molar-refractivity contribution in [3.63, 3.8) is 0 Å². The lowest BCUT2D eigenvalue weighted by Gasteiger charge is -2.05. The average molecular weight is 325 g/mol. The van der Waals surface area contributed by atoms with Crippen LogP contribution in [0.2, 0.25) is 0 Å². The molecule has 0 atom stereocenters. The van der Waals surface area contributed by atoms with Crippen LogP contribution in [0.1, 0.15) is 21.7 Å². The number of furan rings is 1. The topological polar surface area (TPSA) is 71.7 Å². The summed E-state index contributed by atoms with van der Waals surface area (Å²) in [5, 5.41) is 12.6. The number of benzene rings is 2. The number of ether oxygens (including phenoxy) is 1. The molecule has 0 fully saturated rings. The van der Waals surface area contributed by atoms with Crippen molar-refractivity contribution in [2.24, 2.45) is 0 Å². The van der Waals surface area contributed by atoms with Gasteiger partial charge in [0.05, 0.1) is 7.11 Å². The Morgan fingerprint density at radius 2 is 1.96 bits per heavy atom. The van der Waals surface area contributed by atoms with E-state index in [0.717, 1.165) is 16.5 Å². The summed E-state index contributed by atoms with van der Waals surface area (Å²) in [6.45, 7) is 1.95. The van der Waals surface area contributed by atoms with Crippen molar-refractivity contribution >= 4 is 22.6 Å². The van der Waals surface area contributed by atoms with Gasteiger partial charge >= 0.3 is 0 Å². The third-order valence-electron chi connectivity index (χ3n) is 3.97. The molecule has 3 rings (SSSR count). The van der Waals surface area contributed by atoms with Gasteiger partial charge in [0, 0.05) is 23.2 Å². The maximum absolute atomic E-state index is 12.5. The second-order valence-corrected chi connectivity index (χ2v) is 5.52. The molecule has 0 saturated carbocycles. The molecular formula is C19H19NO4. The Morgan fingerprint density at radius 1 is 1.21 bits per heavy atom. The number of amides is 1. The second-order valence-electron chi connectivity index (χ2n) is 5.52. The van der Waals surface area contributed by atoms with Crippen molar-refractivity contribution in [2.45, 2.75) is 13.3 Å². The van der Waals surface area contributed by atoms with Crippen molar-refractivity contribution in [1.29, 1.82) is 0 Å². The van der Waals surface area contributed by atoms with Crippen LogP contribution >= 0.6 is 0 Å². The molecule has 1 heterocycles. The summed E-state index contributed by atoms with van der Waals surface area (Å²) in [5.41, 5.74) is 3.04. The van der Waals surface area contributed by atoms with Crippen LogP contribution in [0.5, 0.6) is 5.75 Å². The summed E-state index contributed by atoms with van der Waals surface area (Å²) in [6.07, 6.45) is 0.594. The van der Waals surface area contributed by atoms with Crippen LogP contribution in [-0.2, 0) is 6.42 Å². The van der Waals surface area contributed by atoms with E-state index in [9.17, 15) is 4.79 Å². The zero-order chi connectivity index (χ0) is 17.1. The molecule has 5 heteroatoms. The monoisotopic (exact) mass is 325 g/mol. The molecular weight excluding hydrogens is 306 g/mol. The molecule has 0 bridgehead atoms. The van der Waals surface area contributed by atoms with Gasteiger partial charge in [-0.15, -0.1) is 0 Å². The lowest BCUT2D eigenvalue weighted by Crippen LogP contribution is -2.12. The summed E-state index contributed by atoms with van der Waals surface area (Å²) in [7, 11) is 1.57. The first-order chi connectivity index (χ1) is 11.6. The fourth-order valence-corrected chi connectivity index (χ4v) is 2.67. The molecule has 1 aromatic heterocycles. The zero-order valence-corrected chi connectivity index (χ0v) is 13.6. The minimum Gasteiger partial charge on any atom is -0.493 e. The summed E-state index contributed by atoms with van der Waals surface area (Å²) < 4.78 is 11.0. The van der Waals surface area contributed by atoms with E-state index < -0.39 is 0 Å². The highest BCUT2D eigenvalue weighted by atomic mass is 16.5. The van der Waals surface area contributed by atoms with Gasteiger partial charge in [-0.05, 0) is 37.1 Å². The molecule has 0 aliphatic carbocycles. The van der Waals surface area contributed by atoms with Gasteiger partial charge in [-0.3, -0.25) is 4.79 Å². The van der Waals surface area contributed by atoms with Gasteiger partial charge in [-0.25, -0.2) is 0 Å². The van der Waals surface area contributed by atoms with Gasteiger partial charge in [0.2, 0.25) is 0 Å². The SMILES string of the molecule is COc1cccc2c(C)c(C(=O)Nc3ccc(CCO)cc3)oc12. The Balaban J connectivity index is 1.87. The summed E-state index contributed by atoms with van der Waals surface area (Å²) in [6, 6.07) is 12.9. The standard InChI is InChI=1S/C19H19NO4/c1-12-15-4-3-5-16(23-2)18(15)24-17(12)19(22)20-14-8-6-13(7-9-14)10-11-21/h3-9,21H,10-11H2,1-2H3,(H,20,22). The largest absolute Gasteiger partial charge is 0.493 e. The van der Waals surface area contributed by atoms with E-state index in [4.69, 9.17) is 14.3 Å². The Labute approximate surface area is 139 Å². The Kier molecular flexibility index (Phi) is 4.53. The predicted molar refractivity (Wildman–Crippen MR) is 92.7 cm³/mol. The molecule has 0 spiro atoms. The van der Waals surface area contributed by atoms with E-state index in [1.165, 1.54) is 0 Å². The van der Waals surface area contributed by atoms with Crippen molar-refractivity contribution in [3.05, 3.63) is 59.4 Å². The molecule has 24 heavy (non-hydrogen) atoms. The molecule has 5 nitrogen and oxygen atoms in total. The molecule has 2 N–H and O–H groups in total. The Bertz CT molecular complexity index is 865. The maximum atomic E-state index is 12.5. The molecule has 0 radical (unpaired) electrons. The number of nitrogens with one attached hydrogen (secondary N) is 1. The first-order valence-electron chi connectivity index (χ1n) is 7.71. The molecule has 0 saturated heterocycles. The summed E-state index contributed by atoms with van der Waals surface area (Å²) in [5.74, 6) is 0.567. The smallest absolute Gasteiger partial charge is 0.291 e. The molecule has 0 unspecified atom stereocenters. The van der Waals surface area contributed by atoms with Crippen LogP contribution in [0.3, 0.4) is 0 Å². The number of hydrogen-bond acceptors (Lipinski definition) is 4. The number of aryl methyl sites for hydroxylation is 1. The number of aliphatic hydroxyl groups is 1. The highest BCUT2D eigenvalue weighted by Crippen LogP contribution is 2.32. The normalized spacial score (nSPS) is 10.8. The third kappa shape index (κ3) is 2.98. The number of aliphatic hydroxyl groups excluding tert-OH is 1. The Hall–Kier alpha value is -2.79. The number of carbonyl (C=O) groups is 1. The average Bonchev–Trinajstić information content (AvgIpc) is 2.94. The quantitative estimate of drug-likeness (QED) is 0.753. The van der Waals surface area contributed by atoms with Gasteiger partial charge in [0.1, 0.15) is 0 Å². The van der Waals surface area contributed by atoms with E-state index in [0.29, 0.717) is 23.4 Å². The lowest BCUT2D eigenvalue weighted by atomic mass is 10.1. The molecule has 124 valence electrons. The number of methoxy groups -OCH3 is 1. The van der Waals surface area contributed by atoms with E-state index in [1.54, 1.807) is 13.2 Å². The molecule has 0 aliphatic heterocycles. The van der Waals surface area contributed by atoms with Crippen molar-refractivity contribution in [1.82, 2.24) is 0 Å². The number of rotatable bonds is 5. The predicted octanol–water partition coefficient (Wildman–Crippen LogP) is 3.54. The minimum atomic E-state index is -0.305. The Morgan fingerprint density at radius 3 is 2.62 bits per heavy atom. The first kappa shape index (κ1) is 16.1. The van der Waals surface area contributed by atoms with Gasteiger partial charge in [-0.1, -0.05) is 24.3 Å². The van der Waals surface area contributed by atoms with E-state index in [2.05, 4.69) is 5.32 Å². The third-order valence-corrected chi connectivity index (χ3v) is 3.97. The van der Waals surface area contributed by atoms with Crippen LogP contribution in [0, 0.1) is 6.92 Å². The summed E-state index contributed by atoms with van der Waals surface area (Å²) in [4.78, 5) is 12.5. The van der Waals surface area contributed by atoms with Crippen LogP contribution in [-0.4, -0.2) is 24.7 Å². The zero-order valence-electron chi connectivity index (χ0n) is 13.6. The highest BCUT2D eigenvalue weighted by Gasteiger charge is 2.19.